The van der Waals surface area contributed by atoms with Crippen molar-refractivity contribution in [1.29, 1.82) is 0 Å². The number of carbonyl (C=O) groups excluding carboxylic acids is 2. The van der Waals surface area contributed by atoms with Gasteiger partial charge in [0.1, 0.15) is 0 Å². The maximum Gasteiger partial charge on any atom is 0.253 e. The van der Waals surface area contributed by atoms with Crippen molar-refractivity contribution in [3.8, 4) is 0 Å². The van der Waals surface area contributed by atoms with Gasteiger partial charge in [0.25, 0.3) is 5.91 Å². The van der Waals surface area contributed by atoms with Gasteiger partial charge in [-0.3, -0.25) is 9.59 Å². The molecule has 1 unspecified atom stereocenters. The molecule has 1 fully saturated rings. The number of aryl methyl sites for hydroxylation is 1. The van der Waals surface area contributed by atoms with Gasteiger partial charge in [-0.1, -0.05) is 6.07 Å². The zero-order valence-corrected chi connectivity index (χ0v) is 11.1. The van der Waals surface area contributed by atoms with Gasteiger partial charge in [0.2, 0.25) is 5.91 Å². The number of likely N-dealkylation sites (tertiary alicyclic amines) is 1. The van der Waals surface area contributed by atoms with E-state index >= 15 is 0 Å². The van der Waals surface area contributed by atoms with Crippen LogP contribution in [-0.4, -0.2) is 29.8 Å². The number of piperidine rings is 1. The highest BCUT2D eigenvalue weighted by Gasteiger charge is 2.27. The summed E-state index contributed by atoms with van der Waals surface area (Å²) in [5.41, 5.74) is 13.3. The van der Waals surface area contributed by atoms with Crippen molar-refractivity contribution < 1.29 is 9.59 Å². The zero-order chi connectivity index (χ0) is 14.0. The first-order valence-corrected chi connectivity index (χ1v) is 6.43. The summed E-state index contributed by atoms with van der Waals surface area (Å²) in [4.78, 5) is 25.3. The van der Waals surface area contributed by atoms with Gasteiger partial charge in [-0.25, -0.2) is 0 Å². The van der Waals surface area contributed by atoms with Crippen LogP contribution in [0.25, 0.3) is 0 Å². The van der Waals surface area contributed by atoms with Crippen molar-refractivity contribution in [3.63, 3.8) is 0 Å². The lowest BCUT2D eigenvalue weighted by atomic mass is 9.96. The quantitative estimate of drug-likeness (QED) is 0.775. The third-order valence-corrected chi connectivity index (χ3v) is 3.64. The molecule has 1 saturated heterocycles. The molecular formula is C14H19N3O2. The number of primary amides is 1. The Bertz CT molecular complexity index is 513. The van der Waals surface area contributed by atoms with Gasteiger partial charge < -0.3 is 16.4 Å². The molecule has 1 aromatic rings. The molecule has 5 nitrogen and oxygen atoms in total. The molecule has 0 spiro atoms. The smallest absolute Gasteiger partial charge is 0.253 e. The number of hydrogen-bond donors (Lipinski definition) is 2. The number of anilines is 1. The van der Waals surface area contributed by atoms with E-state index in [0.29, 0.717) is 24.3 Å². The maximum atomic E-state index is 12.3. The van der Waals surface area contributed by atoms with E-state index in [1.54, 1.807) is 17.0 Å². The molecule has 1 aliphatic heterocycles. The Kier molecular flexibility index (Phi) is 3.74. The maximum absolute atomic E-state index is 12.3. The highest BCUT2D eigenvalue weighted by molar-refractivity contribution is 5.95. The first kappa shape index (κ1) is 13.4. The van der Waals surface area contributed by atoms with E-state index in [2.05, 4.69) is 0 Å². The molecule has 2 rings (SSSR count). The molecule has 102 valence electrons. The third-order valence-electron chi connectivity index (χ3n) is 3.64. The second-order valence-electron chi connectivity index (χ2n) is 5.06. The minimum atomic E-state index is -0.332. The summed E-state index contributed by atoms with van der Waals surface area (Å²) in [7, 11) is 0. The lowest BCUT2D eigenvalue weighted by Gasteiger charge is -2.31. The number of nitrogens with zero attached hydrogens (tertiary/aromatic N) is 1. The average Bonchev–Trinajstić information content (AvgIpc) is 2.41. The van der Waals surface area contributed by atoms with Crippen LogP contribution in [-0.2, 0) is 4.79 Å². The number of rotatable bonds is 2. The number of carbonyl (C=O) groups is 2. The fourth-order valence-corrected chi connectivity index (χ4v) is 2.35. The first-order valence-electron chi connectivity index (χ1n) is 6.43. The second-order valence-corrected chi connectivity index (χ2v) is 5.06. The van der Waals surface area contributed by atoms with Crippen LogP contribution in [0.4, 0.5) is 5.69 Å². The standard InChI is InChI=1S/C14H19N3O2/c1-9-4-5-10(7-12(9)15)14(19)17-6-2-3-11(8-17)13(16)18/h4-5,7,11H,2-3,6,8,15H2,1H3,(H2,16,18). The molecule has 2 amide bonds. The normalized spacial score (nSPS) is 19.2. The van der Waals surface area contributed by atoms with Gasteiger partial charge in [0.05, 0.1) is 5.92 Å². The van der Waals surface area contributed by atoms with Gasteiger partial charge in [0, 0.05) is 24.3 Å². The van der Waals surface area contributed by atoms with Crippen LogP contribution in [0.1, 0.15) is 28.8 Å². The van der Waals surface area contributed by atoms with E-state index in [0.717, 1.165) is 18.4 Å². The molecule has 0 bridgehead atoms. The van der Waals surface area contributed by atoms with Crippen LogP contribution in [0.3, 0.4) is 0 Å². The summed E-state index contributed by atoms with van der Waals surface area (Å²) in [6, 6.07) is 5.28. The molecule has 5 heteroatoms. The van der Waals surface area contributed by atoms with Gasteiger partial charge in [-0.05, 0) is 37.5 Å². The lowest BCUT2D eigenvalue weighted by Crippen LogP contribution is -2.44. The Morgan fingerprint density at radius 1 is 1.37 bits per heavy atom. The van der Waals surface area contributed by atoms with Crippen LogP contribution in [0.5, 0.6) is 0 Å². The number of nitrogen functional groups attached to an aromatic ring is 1. The van der Waals surface area contributed by atoms with Crippen molar-refractivity contribution in [2.75, 3.05) is 18.8 Å². The summed E-state index contributed by atoms with van der Waals surface area (Å²) < 4.78 is 0. The molecule has 0 aliphatic carbocycles. The first-order chi connectivity index (χ1) is 8.99. The average molecular weight is 261 g/mol. The topological polar surface area (TPSA) is 89.4 Å². The predicted molar refractivity (Wildman–Crippen MR) is 73.4 cm³/mol. The number of amides is 2. The van der Waals surface area contributed by atoms with Gasteiger partial charge in [0.15, 0.2) is 0 Å². The minimum Gasteiger partial charge on any atom is -0.398 e. The SMILES string of the molecule is Cc1ccc(C(=O)N2CCCC(C(N)=O)C2)cc1N. The monoisotopic (exact) mass is 261 g/mol. The molecule has 0 radical (unpaired) electrons. The largest absolute Gasteiger partial charge is 0.398 e. The fourth-order valence-electron chi connectivity index (χ4n) is 2.35. The Labute approximate surface area is 112 Å². The van der Waals surface area contributed by atoms with Crippen LogP contribution in [0.2, 0.25) is 0 Å². The van der Waals surface area contributed by atoms with Crippen LogP contribution < -0.4 is 11.5 Å². The molecule has 1 aromatic carbocycles. The number of nitrogens with two attached hydrogens (primary N) is 2. The summed E-state index contributed by atoms with van der Waals surface area (Å²) in [6.45, 7) is 2.96. The van der Waals surface area contributed by atoms with Crippen LogP contribution in [0, 0.1) is 12.8 Å². The van der Waals surface area contributed by atoms with Crippen molar-refractivity contribution in [2.24, 2.45) is 11.7 Å². The second kappa shape index (κ2) is 5.30. The third kappa shape index (κ3) is 2.86. The van der Waals surface area contributed by atoms with Crippen molar-refractivity contribution in [3.05, 3.63) is 29.3 Å². The molecule has 0 saturated carbocycles. The van der Waals surface area contributed by atoms with E-state index in [9.17, 15) is 9.59 Å². The molecule has 0 aromatic heterocycles. The molecule has 19 heavy (non-hydrogen) atoms. The van der Waals surface area contributed by atoms with Crippen LogP contribution in [0.15, 0.2) is 18.2 Å². The summed E-state index contributed by atoms with van der Waals surface area (Å²) in [5, 5.41) is 0. The van der Waals surface area contributed by atoms with E-state index < -0.39 is 0 Å². The van der Waals surface area contributed by atoms with Crippen molar-refractivity contribution in [1.82, 2.24) is 4.90 Å². The van der Waals surface area contributed by atoms with E-state index in [1.165, 1.54) is 0 Å². The predicted octanol–water partition coefficient (Wildman–Crippen LogP) is 0.915. The Morgan fingerprint density at radius 3 is 2.74 bits per heavy atom. The van der Waals surface area contributed by atoms with Crippen molar-refractivity contribution >= 4 is 17.5 Å². The molecule has 1 aliphatic rings. The molecule has 1 heterocycles. The van der Waals surface area contributed by atoms with E-state index in [1.807, 2.05) is 13.0 Å². The van der Waals surface area contributed by atoms with Crippen LogP contribution >= 0.6 is 0 Å². The highest BCUT2D eigenvalue weighted by atomic mass is 16.2. The zero-order valence-electron chi connectivity index (χ0n) is 11.1. The highest BCUT2D eigenvalue weighted by Crippen LogP contribution is 2.20. The number of benzene rings is 1. The Morgan fingerprint density at radius 2 is 2.11 bits per heavy atom. The minimum absolute atomic E-state index is 0.0855. The van der Waals surface area contributed by atoms with Gasteiger partial charge in [-0.2, -0.15) is 0 Å². The summed E-state index contributed by atoms with van der Waals surface area (Å²) in [5.74, 6) is -0.654. The van der Waals surface area contributed by atoms with Gasteiger partial charge >= 0.3 is 0 Å². The molecule has 4 N–H and O–H groups in total. The van der Waals surface area contributed by atoms with Gasteiger partial charge in [-0.15, -0.1) is 0 Å². The summed E-state index contributed by atoms with van der Waals surface area (Å²) >= 11 is 0. The Hall–Kier alpha value is -2.04. The van der Waals surface area contributed by atoms with E-state index in [-0.39, 0.29) is 17.7 Å². The van der Waals surface area contributed by atoms with Crippen molar-refractivity contribution in [2.45, 2.75) is 19.8 Å². The van der Waals surface area contributed by atoms with E-state index in [4.69, 9.17) is 11.5 Å². The fraction of sp³-hybridized carbons (Fsp3) is 0.429. The molecule has 1 atom stereocenters. The number of hydrogen-bond acceptors (Lipinski definition) is 3. The lowest BCUT2D eigenvalue weighted by molar-refractivity contribution is -0.123. The molecular weight excluding hydrogens is 242 g/mol. The Balaban J connectivity index is 2.14. The summed E-state index contributed by atoms with van der Waals surface area (Å²) in [6.07, 6.45) is 1.57.